The molecule has 2 rings (SSSR count). The third-order valence-electron chi connectivity index (χ3n) is 4.06. The summed E-state index contributed by atoms with van der Waals surface area (Å²) < 4.78 is 0. The third-order valence-corrected chi connectivity index (χ3v) is 4.06. The molecule has 0 aromatic carbocycles. The van der Waals surface area contributed by atoms with Crippen LogP contribution in [0.3, 0.4) is 0 Å². The zero-order valence-electron chi connectivity index (χ0n) is 14.8. The van der Waals surface area contributed by atoms with Gasteiger partial charge in [0.25, 0.3) is 5.91 Å². The van der Waals surface area contributed by atoms with Crippen LogP contribution in [0.1, 0.15) is 35.7 Å². The van der Waals surface area contributed by atoms with E-state index in [4.69, 9.17) is 0 Å². The zero-order chi connectivity index (χ0) is 17.4. The molecule has 0 aliphatic rings. The number of anilines is 1. The zero-order valence-corrected chi connectivity index (χ0v) is 14.8. The van der Waals surface area contributed by atoms with Crippen LogP contribution in [0.5, 0.6) is 0 Å². The number of amides is 1. The Morgan fingerprint density at radius 2 is 1.83 bits per heavy atom. The minimum Gasteiger partial charge on any atom is -0.359 e. The maximum absolute atomic E-state index is 12.3. The Labute approximate surface area is 144 Å². The van der Waals surface area contributed by atoms with Crippen molar-refractivity contribution in [3.63, 3.8) is 0 Å². The van der Waals surface area contributed by atoms with E-state index in [1.807, 2.05) is 50.8 Å². The molecule has 0 spiro atoms. The van der Waals surface area contributed by atoms with Crippen molar-refractivity contribution in [1.29, 1.82) is 0 Å². The second kappa shape index (κ2) is 9.01. The lowest BCUT2D eigenvalue weighted by atomic mass is 10.2. The summed E-state index contributed by atoms with van der Waals surface area (Å²) in [6, 6.07) is 7.81. The molecule has 0 unspecified atom stereocenters. The van der Waals surface area contributed by atoms with E-state index in [1.54, 1.807) is 11.1 Å². The molecule has 24 heavy (non-hydrogen) atoms. The summed E-state index contributed by atoms with van der Waals surface area (Å²) in [4.78, 5) is 24.6. The Kier molecular flexibility index (Phi) is 6.73. The maximum Gasteiger partial charge on any atom is 0.255 e. The van der Waals surface area contributed by atoms with Gasteiger partial charge in [0, 0.05) is 45.8 Å². The number of nitrogens with zero attached hydrogens (tertiary/aromatic N) is 4. The van der Waals surface area contributed by atoms with Crippen LogP contribution >= 0.6 is 0 Å². The molecular formula is C19H26N4O. The fourth-order valence-electron chi connectivity index (χ4n) is 2.42. The van der Waals surface area contributed by atoms with E-state index in [-0.39, 0.29) is 5.91 Å². The van der Waals surface area contributed by atoms with E-state index in [1.165, 1.54) is 5.56 Å². The SMILES string of the molecule is CCCCN(C)C(=O)c1ccc(N(C)CCc2ccncc2)nc1. The molecule has 0 saturated heterocycles. The average Bonchev–Trinajstić information content (AvgIpc) is 2.64. The minimum absolute atomic E-state index is 0.0296. The van der Waals surface area contributed by atoms with Crippen molar-refractivity contribution >= 4 is 11.7 Å². The van der Waals surface area contributed by atoms with Gasteiger partial charge in [-0.05, 0) is 42.7 Å². The van der Waals surface area contributed by atoms with Crippen molar-refractivity contribution in [2.75, 3.05) is 32.1 Å². The summed E-state index contributed by atoms with van der Waals surface area (Å²) in [6.45, 7) is 3.76. The Hall–Kier alpha value is -2.43. The molecule has 0 saturated carbocycles. The number of hydrogen-bond donors (Lipinski definition) is 0. The largest absolute Gasteiger partial charge is 0.359 e. The molecule has 0 atom stereocenters. The summed E-state index contributed by atoms with van der Waals surface area (Å²) in [7, 11) is 3.85. The lowest BCUT2D eigenvalue weighted by Crippen LogP contribution is -2.28. The number of unbranched alkanes of at least 4 members (excludes halogenated alkanes) is 1. The van der Waals surface area contributed by atoms with Gasteiger partial charge in [0.15, 0.2) is 0 Å². The van der Waals surface area contributed by atoms with E-state index < -0.39 is 0 Å². The van der Waals surface area contributed by atoms with Crippen LogP contribution in [0.2, 0.25) is 0 Å². The Morgan fingerprint density at radius 1 is 1.08 bits per heavy atom. The van der Waals surface area contributed by atoms with Gasteiger partial charge in [-0.2, -0.15) is 0 Å². The third kappa shape index (κ3) is 5.05. The van der Waals surface area contributed by atoms with Gasteiger partial charge in [0.05, 0.1) is 5.56 Å². The molecule has 2 aromatic rings. The Morgan fingerprint density at radius 3 is 2.46 bits per heavy atom. The van der Waals surface area contributed by atoms with Crippen molar-refractivity contribution in [3.05, 3.63) is 54.0 Å². The second-order valence-electron chi connectivity index (χ2n) is 6.01. The van der Waals surface area contributed by atoms with Crippen molar-refractivity contribution in [2.45, 2.75) is 26.2 Å². The first-order chi connectivity index (χ1) is 11.6. The van der Waals surface area contributed by atoms with Gasteiger partial charge in [-0.3, -0.25) is 9.78 Å². The van der Waals surface area contributed by atoms with Gasteiger partial charge in [-0.1, -0.05) is 13.3 Å². The highest BCUT2D eigenvalue weighted by Crippen LogP contribution is 2.12. The molecule has 128 valence electrons. The van der Waals surface area contributed by atoms with Gasteiger partial charge >= 0.3 is 0 Å². The van der Waals surface area contributed by atoms with Crippen molar-refractivity contribution in [2.24, 2.45) is 0 Å². The molecule has 0 bridgehead atoms. The number of aromatic nitrogens is 2. The molecule has 0 aliphatic carbocycles. The average molecular weight is 326 g/mol. The summed E-state index contributed by atoms with van der Waals surface area (Å²) >= 11 is 0. The Balaban J connectivity index is 1.92. The van der Waals surface area contributed by atoms with Crippen LogP contribution in [0, 0.1) is 0 Å². The molecule has 2 heterocycles. The quantitative estimate of drug-likeness (QED) is 0.748. The van der Waals surface area contributed by atoms with E-state index >= 15 is 0 Å². The fraction of sp³-hybridized carbons (Fsp3) is 0.421. The predicted octanol–water partition coefficient (Wildman–Crippen LogP) is 3.03. The van der Waals surface area contributed by atoms with Gasteiger partial charge in [-0.15, -0.1) is 0 Å². The van der Waals surface area contributed by atoms with E-state index in [0.29, 0.717) is 5.56 Å². The summed E-state index contributed by atoms with van der Waals surface area (Å²) in [5, 5.41) is 0. The van der Waals surface area contributed by atoms with Crippen LogP contribution in [-0.2, 0) is 6.42 Å². The summed E-state index contributed by atoms with van der Waals surface area (Å²) in [6.07, 6.45) is 8.32. The van der Waals surface area contributed by atoms with E-state index in [9.17, 15) is 4.79 Å². The molecule has 0 radical (unpaired) electrons. The Bertz CT molecular complexity index is 628. The number of rotatable bonds is 8. The van der Waals surface area contributed by atoms with Crippen molar-refractivity contribution in [1.82, 2.24) is 14.9 Å². The molecule has 1 amide bonds. The van der Waals surface area contributed by atoms with E-state index in [0.717, 1.165) is 38.2 Å². The molecule has 5 nitrogen and oxygen atoms in total. The topological polar surface area (TPSA) is 49.3 Å². The van der Waals surface area contributed by atoms with Gasteiger partial charge in [-0.25, -0.2) is 4.98 Å². The van der Waals surface area contributed by atoms with Crippen molar-refractivity contribution < 1.29 is 4.79 Å². The summed E-state index contributed by atoms with van der Waals surface area (Å²) in [5.41, 5.74) is 1.89. The first-order valence-corrected chi connectivity index (χ1v) is 8.43. The van der Waals surface area contributed by atoms with Crippen LogP contribution in [-0.4, -0.2) is 48.0 Å². The van der Waals surface area contributed by atoms with Crippen LogP contribution < -0.4 is 4.90 Å². The van der Waals surface area contributed by atoms with Gasteiger partial charge in [0.2, 0.25) is 0 Å². The first-order valence-electron chi connectivity index (χ1n) is 8.43. The maximum atomic E-state index is 12.3. The molecule has 0 aliphatic heterocycles. The van der Waals surface area contributed by atoms with Crippen LogP contribution in [0.15, 0.2) is 42.9 Å². The molecule has 2 aromatic heterocycles. The minimum atomic E-state index is 0.0296. The number of carbonyl (C=O) groups excluding carboxylic acids is 1. The fourth-order valence-corrected chi connectivity index (χ4v) is 2.42. The smallest absolute Gasteiger partial charge is 0.255 e. The van der Waals surface area contributed by atoms with Gasteiger partial charge in [0.1, 0.15) is 5.82 Å². The van der Waals surface area contributed by atoms with Gasteiger partial charge < -0.3 is 9.80 Å². The van der Waals surface area contributed by atoms with Crippen LogP contribution in [0.4, 0.5) is 5.82 Å². The monoisotopic (exact) mass is 326 g/mol. The molecular weight excluding hydrogens is 300 g/mol. The lowest BCUT2D eigenvalue weighted by Gasteiger charge is -2.19. The second-order valence-corrected chi connectivity index (χ2v) is 6.01. The molecule has 0 N–H and O–H groups in total. The number of likely N-dealkylation sites (N-methyl/N-ethyl adjacent to an activating group) is 1. The lowest BCUT2D eigenvalue weighted by molar-refractivity contribution is 0.0793. The van der Waals surface area contributed by atoms with Crippen molar-refractivity contribution in [3.8, 4) is 0 Å². The van der Waals surface area contributed by atoms with E-state index in [2.05, 4.69) is 21.8 Å². The predicted molar refractivity (Wildman–Crippen MR) is 97.3 cm³/mol. The number of hydrogen-bond acceptors (Lipinski definition) is 4. The van der Waals surface area contributed by atoms with Crippen LogP contribution in [0.25, 0.3) is 0 Å². The standard InChI is InChI=1S/C19H26N4O/c1-4-5-13-23(3)19(24)17-6-7-18(21-15-17)22(2)14-10-16-8-11-20-12-9-16/h6-9,11-12,15H,4-5,10,13-14H2,1-3H3. The molecule has 0 fully saturated rings. The number of carbonyl (C=O) groups is 1. The highest BCUT2D eigenvalue weighted by atomic mass is 16.2. The molecule has 5 heteroatoms. The normalized spacial score (nSPS) is 10.5. The summed E-state index contributed by atoms with van der Waals surface area (Å²) in [5.74, 6) is 0.902. The first kappa shape index (κ1) is 17.9. The number of pyridine rings is 2. The highest BCUT2D eigenvalue weighted by Gasteiger charge is 2.12. The highest BCUT2D eigenvalue weighted by molar-refractivity contribution is 5.93.